The first-order valence-electron chi connectivity index (χ1n) is 6.56. The second-order valence-electron chi connectivity index (χ2n) is 5.38. The predicted molar refractivity (Wildman–Crippen MR) is 73.2 cm³/mol. The third-order valence-electron chi connectivity index (χ3n) is 2.72. The van der Waals surface area contributed by atoms with Crippen molar-refractivity contribution < 1.29 is 24.2 Å². The molecule has 7 nitrogen and oxygen atoms in total. The lowest BCUT2D eigenvalue weighted by Gasteiger charge is -2.22. The average Bonchev–Trinajstić information content (AvgIpc) is 2.33. The molecule has 3 N–H and O–H groups in total. The Morgan fingerprint density at radius 1 is 1.10 bits per heavy atom. The Morgan fingerprint density at radius 2 is 1.65 bits per heavy atom. The minimum absolute atomic E-state index is 0.123. The van der Waals surface area contributed by atoms with Gasteiger partial charge in [-0.3, -0.25) is 0 Å². The minimum Gasteiger partial charge on any atom is -0.480 e. The highest BCUT2D eigenvalue weighted by atomic mass is 16.5. The standard InChI is InChI=1S/C13H24N2O5/c1-7(2)6-9(11(16)17)14-13(19)15-10(8(3)4)12(18)20-5/h7-10H,6H2,1-5H3,(H,16,17)(H2,14,15,19)/t9-,10?/m1/s1. The van der Waals surface area contributed by atoms with Gasteiger partial charge in [0.1, 0.15) is 12.1 Å². The smallest absolute Gasteiger partial charge is 0.328 e. The number of carbonyl (C=O) groups excluding carboxylic acids is 2. The molecule has 2 amide bonds. The van der Waals surface area contributed by atoms with Crippen LogP contribution in [0.15, 0.2) is 0 Å². The summed E-state index contributed by atoms with van der Waals surface area (Å²) in [6.07, 6.45) is 0.313. The number of carboxylic acids is 1. The molecule has 0 aromatic heterocycles. The molecule has 0 aromatic rings. The van der Waals surface area contributed by atoms with Crippen LogP contribution in [0, 0.1) is 11.8 Å². The number of hydrogen-bond acceptors (Lipinski definition) is 4. The molecule has 0 aromatic carbocycles. The summed E-state index contributed by atoms with van der Waals surface area (Å²) in [4.78, 5) is 34.3. The van der Waals surface area contributed by atoms with Crippen molar-refractivity contribution >= 4 is 18.0 Å². The van der Waals surface area contributed by atoms with Gasteiger partial charge >= 0.3 is 18.0 Å². The molecule has 0 aliphatic rings. The number of hydrogen-bond donors (Lipinski definition) is 3. The van der Waals surface area contributed by atoms with E-state index in [2.05, 4.69) is 15.4 Å². The van der Waals surface area contributed by atoms with E-state index in [4.69, 9.17) is 5.11 Å². The third-order valence-corrected chi connectivity index (χ3v) is 2.72. The monoisotopic (exact) mass is 288 g/mol. The van der Waals surface area contributed by atoms with Crippen LogP contribution in [-0.4, -0.2) is 42.3 Å². The number of carbonyl (C=O) groups is 3. The highest BCUT2D eigenvalue weighted by molar-refractivity contribution is 5.86. The molecule has 0 heterocycles. The zero-order valence-electron chi connectivity index (χ0n) is 12.6. The summed E-state index contributed by atoms with van der Waals surface area (Å²) in [5.41, 5.74) is 0. The Morgan fingerprint density at radius 3 is 2.00 bits per heavy atom. The summed E-state index contributed by atoms with van der Waals surface area (Å²) < 4.78 is 4.59. The highest BCUT2D eigenvalue weighted by Gasteiger charge is 2.27. The molecule has 0 saturated carbocycles. The first-order valence-corrected chi connectivity index (χ1v) is 6.56. The van der Waals surface area contributed by atoms with Crippen molar-refractivity contribution in [2.24, 2.45) is 11.8 Å². The van der Waals surface area contributed by atoms with Crippen molar-refractivity contribution in [2.75, 3.05) is 7.11 Å². The van der Waals surface area contributed by atoms with Crippen LogP contribution >= 0.6 is 0 Å². The Labute approximate surface area is 119 Å². The van der Waals surface area contributed by atoms with Crippen LogP contribution in [0.2, 0.25) is 0 Å². The van der Waals surface area contributed by atoms with E-state index in [-0.39, 0.29) is 11.8 Å². The topological polar surface area (TPSA) is 105 Å². The molecule has 2 atom stereocenters. The molecule has 0 bridgehead atoms. The van der Waals surface area contributed by atoms with E-state index in [9.17, 15) is 14.4 Å². The Bertz CT molecular complexity index is 355. The quantitative estimate of drug-likeness (QED) is 0.606. The number of carboxylic acid groups (broad SMARTS) is 1. The van der Waals surface area contributed by atoms with Crippen LogP contribution in [0.1, 0.15) is 34.1 Å². The second kappa shape index (κ2) is 8.39. The van der Waals surface area contributed by atoms with Crippen molar-refractivity contribution in [3.8, 4) is 0 Å². The summed E-state index contributed by atoms with van der Waals surface area (Å²) in [5.74, 6) is -1.71. The van der Waals surface area contributed by atoms with E-state index < -0.39 is 30.1 Å². The molecule has 0 spiro atoms. The predicted octanol–water partition coefficient (Wildman–Crippen LogP) is 0.982. The van der Waals surface area contributed by atoms with E-state index in [1.165, 1.54) is 7.11 Å². The number of esters is 1. The van der Waals surface area contributed by atoms with Crippen LogP contribution in [0.5, 0.6) is 0 Å². The van der Waals surface area contributed by atoms with Crippen molar-refractivity contribution in [3.05, 3.63) is 0 Å². The SMILES string of the molecule is COC(=O)C(NC(=O)N[C@H](CC(C)C)C(=O)O)C(C)C. The summed E-state index contributed by atoms with van der Waals surface area (Å²) in [5, 5.41) is 13.8. The average molecular weight is 288 g/mol. The summed E-state index contributed by atoms with van der Waals surface area (Å²) in [6, 6.07) is -2.49. The first-order chi connectivity index (χ1) is 9.18. The fourth-order valence-electron chi connectivity index (χ4n) is 1.66. The van der Waals surface area contributed by atoms with E-state index in [0.29, 0.717) is 6.42 Å². The molecular weight excluding hydrogens is 264 g/mol. The molecule has 0 fully saturated rings. The molecule has 7 heteroatoms. The van der Waals surface area contributed by atoms with Gasteiger partial charge in [-0.25, -0.2) is 14.4 Å². The first kappa shape index (κ1) is 18.2. The fourth-order valence-corrected chi connectivity index (χ4v) is 1.66. The fraction of sp³-hybridized carbons (Fsp3) is 0.769. The molecule has 0 aliphatic carbocycles. The summed E-state index contributed by atoms with van der Waals surface area (Å²) >= 11 is 0. The van der Waals surface area contributed by atoms with Gasteiger partial charge in [-0.15, -0.1) is 0 Å². The van der Waals surface area contributed by atoms with Gasteiger partial charge in [-0.1, -0.05) is 27.7 Å². The van der Waals surface area contributed by atoms with Crippen LogP contribution in [0.3, 0.4) is 0 Å². The zero-order valence-corrected chi connectivity index (χ0v) is 12.6. The number of amides is 2. The number of ether oxygens (including phenoxy) is 1. The second-order valence-corrected chi connectivity index (χ2v) is 5.38. The molecule has 116 valence electrons. The van der Waals surface area contributed by atoms with E-state index >= 15 is 0 Å². The number of rotatable bonds is 7. The number of aliphatic carboxylic acids is 1. The molecule has 0 aliphatic heterocycles. The third kappa shape index (κ3) is 6.40. The maximum Gasteiger partial charge on any atom is 0.328 e. The van der Waals surface area contributed by atoms with Gasteiger partial charge in [-0.2, -0.15) is 0 Å². The minimum atomic E-state index is -1.10. The van der Waals surface area contributed by atoms with Gasteiger partial charge in [0.25, 0.3) is 0 Å². The van der Waals surface area contributed by atoms with Crippen LogP contribution in [0.4, 0.5) is 4.79 Å². The molecular formula is C13H24N2O5. The van der Waals surface area contributed by atoms with E-state index in [1.54, 1.807) is 13.8 Å². The van der Waals surface area contributed by atoms with Crippen molar-refractivity contribution in [1.29, 1.82) is 0 Å². The molecule has 20 heavy (non-hydrogen) atoms. The molecule has 0 radical (unpaired) electrons. The lowest BCUT2D eigenvalue weighted by molar-refractivity contribution is -0.144. The number of nitrogens with one attached hydrogen (secondary N) is 2. The summed E-state index contributed by atoms with van der Waals surface area (Å²) in [7, 11) is 1.23. The lowest BCUT2D eigenvalue weighted by Crippen LogP contribution is -2.53. The lowest BCUT2D eigenvalue weighted by atomic mass is 10.0. The van der Waals surface area contributed by atoms with Crippen molar-refractivity contribution in [1.82, 2.24) is 10.6 Å². The van der Waals surface area contributed by atoms with Crippen LogP contribution in [-0.2, 0) is 14.3 Å². The van der Waals surface area contributed by atoms with Gasteiger partial charge in [0, 0.05) is 0 Å². The normalized spacial score (nSPS) is 13.8. The van der Waals surface area contributed by atoms with Crippen molar-refractivity contribution in [2.45, 2.75) is 46.2 Å². The number of urea groups is 1. The molecule has 0 saturated heterocycles. The molecule has 1 unspecified atom stereocenters. The Hall–Kier alpha value is -1.79. The van der Waals surface area contributed by atoms with Crippen LogP contribution < -0.4 is 10.6 Å². The maximum atomic E-state index is 11.8. The van der Waals surface area contributed by atoms with E-state index in [0.717, 1.165) is 0 Å². The van der Waals surface area contributed by atoms with Crippen molar-refractivity contribution in [3.63, 3.8) is 0 Å². The van der Waals surface area contributed by atoms with Crippen LogP contribution in [0.25, 0.3) is 0 Å². The van der Waals surface area contributed by atoms with Gasteiger partial charge in [0.2, 0.25) is 0 Å². The zero-order chi connectivity index (χ0) is 15.9. The maximum absolute atomic E-state index is 11.8. The Balaban J connectivity index is 4.64. The van der Waals surface area contributed by atoms with Gasteiger partial charge in [-0.05, 0) is 18.3 Å². The molecule has 0 rings (SSSR count). The summed E-state index contributed by atoms with van der Waals surface area (Å²) in [6.45, 7) is 7.23. The number of methoxy groups -OCH3 is 1. The highest BCUT2D eigenvalue weighted by Crippen LogP contribution is 2.06. The van der Waals surface area contributed by atoms with Gasteiger partial charge < -0.3 is 20.5 Å². The Kier molecular flexibility index (Phi) is 7.64. The van der Waals surface area contributed by atoms with Gasteiger partial charge in [0.05, 0.1) is 7.11 Å². The van der Waals surface area contributed by atoms with Gasteiger partial charge in [0.15, 0.2) is 0 Å². The van der Waals surface area contributed by atoms with E-state index in [1.807, 2.05) is 13.8 Å². The largest absolute Gasteiger partial charge is 0.480 e.